The summed E-state index contributed by atoms with van der Waals surface area (Å²) in [7, 11) is 0. The topological polar surface area (TPSA) is 30.5 Å². The Hall–Kier alpha value is -0.120. The Labute approximate surface area is 72.4 Å². The fraction of sp³-hybridized carbons (Fsp3) is 1.00. The fourth-order valence-electron chi connectivity index (χ4n) is 2.21. The van der Waals surface area contributed by atoms with Crippen molar-refractivity contribution in [2.75, 3.05) is 26.4 Å². The Morgan fingerprint density at radius 3 is 2.25 bits per heavy atom. The lowest BCUT2D eigenvalue weighted by Crippen LogP contribution is -2.69. The van der Waals surface area contributed by atoms with E-state index in [0.717, 1.165) is 26.4 Å². The maximum atomic E-state index is 5.82. The molecule has 12 heavy (non-hydrogen) atoms. The SMILES string of the molecule is C1CC2(C1)CNC1(COC1)OC2. The Bertz CT molecular complexity index is 163. The molecular formula is C9H15NO2. The Morgan fingerprint density at radius 1 is 1.08 bits per heavy atom. The average Bonchev–Trinajstić information content (AvgIpc) is 1.99. The molecule has 0 aromatic carbocycles. The number of nitrogens with one attached hydrogen (secondary N) is 1. The van der Waals surface area contributed by atoms with E-state index < -0.39 is 0 Å². The van der Waals surface area contributed by atoms with Crippen LogP contribution in [0.25, 0.3) is 0 Å². The Kier molecular flexibility index (Phi) is 1.35. The minimum absolute atomic E-state index is 0.0825. The molecule has 2 heterocycles. The van der Waals surface area contributed by atoms with Crippen molar-refractivity contribution in [3.63, 3.8) is 0 Å². The van der Waals surface area contributed by atoms with E-state index in [2.05, 4.69) is 5.32 Å². The minimum atomic E-state index is -0.0825. The first kappa shape index (κ1) is 7.30. The number of ether oxygens (including phenoxy) is 2. The largest absolute Gasteiger partial charge is 0.372 e. The molecule has 0 atom stereocenters. The number of hydrogen-bond donors (Lipinski definition) is 1. The zero-order chi connectivity index (χ0) is 8.07. The van der Waals surface area contributed by atoms with E-state index in [0.29, 0.717) is 5.41 Å². The molecule has 0 bridgehead atoms. The second kappa shape index (κ2) is 2.22. The highest BCUT2D eigenvalue weighted by Crippen LogP contribution is 2.44. The minimum Gasteiger partial charge on any atom is -0.372 e. The molecule has 68 valence electrons. The third kappa shape index (κ3) is 0.873. The fourth-order valence-corrected chi connectivity index (χ4v) is 2.21. The molecule has 3 aliphatic rings. The van der Waals surface area contributed by atoms with Gasteiger partial charge in [-0.25, -0.2) is 0 Å². The molecule has 3 nitrogen and oxygen atoms in total. The molecule has 3 fully saturated rings. The first-order valence-corrected chi connectivity index (χ1v) is 4.80. The van der Waals surface area contributed by atoms with Crippen LogP contribution < -0.4 is 5.32 Å². The Morgan fingerprint density at radius 2 is 1.92 bits per heavy atom. The van der Waals surface area contributed by atoms with Crippen molar-refractivity contribution >= 4 is 0 Å². The summed E-state index contributed by atoms with van der Waals surface area (Å²) < 4.78 is 11.0. The van der Waals surface area contributed by atoms with Crippen LogP contribution in [0, 0.1) is 5.41 Å². The van der Waals surface area contributed by atoms with E-state index in [1.54, 1.807) is 0 Å². The van der Waals surface area contributed by atoms with Gasteiger partial charge in [-0.15, -0.1) is 0 Å². The summed E-state index contributed by atoms with van der Waals surface area (Å²) in [5, 5.41) is 3.48. The van der Waals surface area contributed by atoms with Crippen molar-refractivity contribution in [3.05, 3.63) is 0 Å². The molecule has 0 aromatic rings. The maximum Gasteiger partial charge on any atom is 0.166 e. The van der Waals surface area contributed by atoms with Crippen molar-refractivity contribution in [1.29, 1.82) is 0 Å². The van der Waals surface area contributed by atoms with Crippen LogP contribution in [0.4, 0.5) is 0 Å². The monoisotopic (exact) mass is 169 g/mol. The summed E-state index contributed by atoms with van der Waals surface area (Å²) >= 11 is 0. The van der Waals surface area contributed by atoms with Crippen molar-refractivity contribution in [3.8, 4) is 0 Å². The first-order chi connectivity index (χ1) is 5.83. The van der Waals surface area contributed by atoms with E-state index in [1.807, 2.05) is 0 Å². The molecule has 1 N–H and O–H groups in total. The standard InChI is InChI=1S/C9H15NO2/c1-2-8(3-1)4-10-9(12-5-8)6-11-7-9/h10H,1-7H2. The van der Waals surface area contributed by atoms with Gasteiger partial charge in [-0.1, -0.05) is 6.42 Å². The van der Waals surface area contributed by atoms with Crippen LogP contribution in [-0.4, -0.2) is 32.1 Å². The van der Waals surface area contributed by atoms with Crippen LogP contribution in [0.3, 0.4) is 0 Å². The van der Waals surface area contributed by atoms with E-state index in [1.165, 1.54) is 19.3 Å². The molecule has 0 unspecified atom stereocenters. The summed E-state index contributed by atoms with van der Waals surface area (Å²) in [5.74, 6) is 0. The molecule has 3 rings (SSSR count). The van der Waals surface area contributed by atoms with Crippen LogP contribution in [0.15, 0.2) is 0 Å². The van der Waals surface area contributed by atoms with E-state index in [9.17, 15) is 0 Å². The normalized spacial score (nSPS) is 36.0. The van der Waals surface area contributed by atoms with E-state index in [-0.39, 0.29) is 5.72 Å². The molecule has 1 saturated carbocycles. The molecule has 0 aromatic heterocycles. The summed E-state index contributed by atoms with van der Waals surface area (Å²) in [6.45, 7) is 3.56. The van der Waals surface area contributed by atoms with Gasteiger partial charge in [0.2, 0.25) is 0 Å². The zero-order valence-electron chi connectivity index (χ0n) is 7.27. The zero-order valence-corrected chi connectivity index (χ0v) is 7.27. The van der Waals surface area contributed by atoms with Gasteiger partial charge in [-0.3, -0.25) is 5.32 Å². The third-order valence-electron chi connectivity index (χ3n) is 3.52. The average molecular weight is 169 g/mol. The third-order valence-corrected chi connectivity index (χ3v) is 3.52. The molecule has 0 radical (unpaired) electrons. The van der Waals surface area contributed by atoms with Gasteiger partial charge in [-0.05, 0) is 12.8 Å². The second-order valence-electron chi connectivity index (χ2n) is 4.48. The number of rotatable bonds is 0. The maximum absolute atomic E-state index is 5.82. The van der Waals surface area contributed by atoms with Crippen molar-refractivity contribution in [2.45, 2.75) is 25.0 Å². The van der Waals surface area contributed by atoms with Gasteiger partial charge < -0.3 is 9.47 Å². The molecular weight excluding hydrogens is 154 g/mol. The van der Waals surface area contributed by atoms with Crippen LogP contribution in [0.5, 0.6) is 0 Å². The first-order valence-electron chi connectivity index (χ1n) is 4.80. The van der Waals surface area contributed by atoms with Crippen molar-refractivity contribution < 1.29 is 9.47 Å². The highest BCUT2D eigenvalue weighted by Gasteiger charge is 2.49. The lowest BCUT2D eigenvalue weighted by molar-refractivity contribution is -0.268. The molecule has 2 aliphatic heterocycles. The van der Waals surface area contributed by atoms with E-state index in [4.69, 9.17) is 9.47 Å². The quantitative estimate of drug-likeness (QED) is 0.573. The van der Waals surface area contributed by atoms with Gasteiger partial charge in [0, 0.05) is 12.0 Å². The molecule has 0 amide bonds. The predicted molar refractivity (Wildman–Crippen MR) is 43.8 cm³/mol. The van der Waals surface area contributed by atoms with Gasteiger partial charge in [0.05, 0.1) is 19.8 Å². The van der Waals surface area contributed by atoms with Gasteiger partial charge in [-0.2, -0.15) is 0 Å². The second-order valence-corrected chi connectivity index (χ2v) is 4.48. The Balaban J connectivity index is 1.65. The van der Waals surface area contributed by atoms with Gasteiger partial charge in [0.25, 0.3) is 0 Å². The van der Waals surface area contributed by atoms with Crippen molar-refractivity contribution in [1.82, 2.24) is 5.32 Å². The predicted octanol–water partition coefficient (Wildman–Crippen LogP) is 0.503. The lowest BCUT2D eigenvalue weighted by atomic mass is 9.68. The molecule has 2 saturated heterocycles. The van der Waals surface area contributed by atoms with Gasteiger partial charge >= 0.3 is 0 Å². The van der Waals surface area contributed by atoms with Crippen molar-refractivity contribution in [2.24, 2.45) is 5.41 Å². The summed E-state index contributed by atoms with van der Waals surface area (Å²) in [6, 6.07) is 0. The molecule has 3 heteroatoms. The summed E-state index contributed by atoms with van der Waals surface area (Å²) in [4.78, 5) is 0. The van der Waals surface area contributed by atoms with Crippen LogP contribution in [-0.2, 0) is 9.47 Å². The summed E-state index contributed by atoms with van der Waals surface area (Å²) in [5.41, 5.74) is 0.418. The smallest absolute Gasteiger partial charge is 0.166 e. The van der Waals surface area contributed by atoms with Gasteiger partial charge in [0.1, 0.15) is 0 Å². The molecule has 2 spiro atoms. The van der Waals surface area contributed by atoms with Crippen LogP contribution in [0.2, 0.25) is 0 Å². The van der Waals surface area contributed by atoms with Gasteiger partial charge in [0.15, 0.2) is 5.72 Å². The lowest BCUT2D eigenvalue weighted by Gasteiger charge is -2.54. The summed E-state index contributed by atoms with van der Waals surface area (Å²) in [6.07, 6.45) is 4.07. The van der Waals surface area contributed by atoms with E-state index >= 15 is 0 Å². The molecule has 1 aliphatic carbocycles. The van der Waals surface area contributed by atoms with Crippen LogP contribution >= 0.6 is 0 Å². The highest BCUT2D eigenvalue weighted by atomic mass is 16.6. The number of hydrogen-bond acceptors (Lipinski definition) is 3. The highest BCUT2D eigenvalue weighted by molar-refractivity contribution is 4.98. The van der Waals surface area contributed by atoms with Crippen LogP contribution in [0.1, 0.15) is 19.3 Å².